The summed E-state index contributed by atoms with van der Waals surface area (Å²) in [5.74, 6) is 0. The Balaban J connectivity index is 0.000000452. The summed E-state index contributed by atoms with van der Waals surface area (Å²) < 4.78 is 56.5. The Hall–Kier alpha value is -0.280. The van der Waals surface area contributed by atoms with E-state index < -0.39 is 24.8 Å². The van der Waals surface area contributed by atoms with Gasteiger partial charge < -0.3 is 0 Å². The summed E-state index contributed by atoms with van der Waals surface area (Å²) in [6.45, 7) is 14.0. The highest BCUT2D eigenvalue weighted by molar-refractivity contribution is 14.1. The van der Waals surface area contributed by atoms with Crippen LogP contribution in [-0.4, -0.2) is 30.5 Å². The third kappa shape index (κ3) is 12.8. The van der Waals surface area contributed by atoms with Gasteiger partial charge in [0.15, 0.2) is 0 Å². The van der Waals surface area contributed by atoms with E-state index in [1.807, 2.05) is 0 Å². The highest BCUT2D eigenvalue weighted by Gasteiger charge is 2.29. The van der Waals surface area contributed by atoms with Crippen molar-refractivity contribution in [2.45, 2.75) is 63.9 Å². The number of hydrogen-bond acceptors (Lipinski definition) is 4. The number of halogens is 2. The first kappa shape index (κ1) is 31.7. The molecule has 2 aromatic rings. The molecule has 10 heteroatoms. The second-order valence-corrected chi connectivity index (χ2v) is 15.4. The molecule has 0 bridgehead atoms. The molecule has 6 nitrogen and oxygen atoms in total. The monoisotopic (exact) mass is 710 g/mol. The molecule has 0 radical (unpaired) electrons. The summed E-state index contributed by atoms with van der Waals surface area (Å²) in [5, 5.41) is 0. The van der Waals surface area contributed by atoms with E-state index in [0.717, 1.165) is 0 Å². The van der Waals surface area contributed by atoms with Gasteiger partial charge in [-0.2, -0.15) is 16.8 Å². The summed E-state index contributed by atoms with van der Waals surface area (Å²) in [7, 11) is -9.40. The third-order valence-corrected chi connectivity index (χ3v) is 8.83. The summed E-state index contributed by atoms with van der Waals surface area (Å²) >= 11 is 4.65. The molecule has 32 heavy (non-hydrogen) atoms. The fourth-order valence-corrected chi connectivity index (χ4v) is 4.00. The Bertz CT molecular complexity index is 962. The van der Waals surface area contributed by atoms with E-state index in [1.165, 1.54) is 18.3 Å². The first-order valence-corrected chi connectivity index (χ1v) is 14.8. The molecule has 0 amide bonds. The van der Waals surface area contributed by atoms with E-state index in [0.29, 0.717) is 6.92 Å². The molecule has 0 aliphatic carbocycles. The van der Waals surface area contributed by atoms with Crippen molar-refractivity contribution in [1.82, 2.24) is 0 Å². The summed E-state index contributed by atoms with van der Waals surface area (Å²) in [6.07, 6.45) is 0. The van der Waals surface area contributed by atoms with E-state index in [-0.39, 0.29) is 10.8 Å². The maximum absolute atomic E-state index is 9.99. The van der Waals surface area contributed by atoms with Gasteiger partial charge in [0.05, 0.1) is 0 Å². The molecule has 182 valence electrons. The van der Waals surface area contributed by atoms with Crippen LogP contribution in [0.2, 0.25) is 0 Å². The molecule has 0 saturated heterocycles. The van der Waals surface area contributed by atoms with Gasteiger partial charge in [0.2, 0.25) is 4.58 Å². The minimum absolute atomic E-state index is 0.282. The lowest BCUT2D eigenvalue weighted by molar-refractivity contribution is 0.458. The highest BCUT2D eigenvalue weighted by atomic mass is 127. The van der Waals surface area contributed by atoms with E-state index in [9.17, 15) is 16.8 Å². The van der Waals surface area contributed by atoms with E-state index in [1.54, 1.807) is 0 Å². The van der Waals surface area contributed by atoms with Crippen molar-refractivity contribution < 1.29 is 25.9 Å². The van der Waals surface area contributed by atoms with Crippen molar-refractivity contribution in [2.24, 2.45) is 0 Å². The smallest absolute Gasteiger partial charge is 0.284 e. The molecule has 0 aliphatic heterocycles. The third-order valence-electron chi connectivity index (χ3n) is 4.26. The lowest BCUT2D eigenvalue weighted by Gasteiger charge is -2.18. The second kappa shape index (κ2) is 12.4. The SMILES string of the molecule is CC(C)(C)c1ccc(I)cc1.CC(C)(C)c1ccc(I)cc1.CC(S(=O)(=O)O)S(=O)(=O)O. The first-order chi connectivity index (χ1) is 14.2. The lowest BCUT2D eigenvalue weighted by Crippen LogP contribution is -2.25. The molecule has 0 atom stereocenters. The molecule has 0 spiro atoms. The molecule has 0 unspecified atom stereocenters. The Morgan fingerprint density at radius 3 is 0.969 bits per heavy atom. The average Bonchev–Trinajstić information content (AvgIpc) is 2.60. The van der Waals surface area contributed by atoms with Gasteiger partial charge in [-0.05, 0) is 98.3 Å². The predicted molar refractivity (Wildman–Crippen MR) is 148 cm³/mol. The van der Waals surface area contributed by atoms with Crippen molar-refractivity contribution in [3.8, 4) is 0 Å². The van der Waals surface area contributed by atoms with Crippen LogP contribution in [0, 0.1) is 7.14 Å². The Kier molecular flexibility index (Phi) is 12.3. The summed E-state index contributed by atoms with van der Waals surface area (Å²) in [4.78, 5) is 0. The summed E-state index contributed by atoms with van der Waals surface area (Å²) in [5.41, 5.74) is 3.37. The van der Waals surface area contributed by atoms with E-state index in [2.05, 4.69) is 135 Å². The van der Waals surface area contributed by atoms with Crippen molar-refractivity contribution in [1.29, 1.82) is 0 Å². The van der Waals surface area contributed by atoms with Crippen LogP contribution in [0.4, 0.5) is 0 Å². The zero-order valence-electron chi connectivity index (χ0n) is 19.3. The number of rotatable bonds is 2. The highest BCUT2D eigenvalue weighted by Crippen LogP contribution is 2.23. The van der Waals surface area contributed by atoms with Crippen molar-refractivity contribution in [2.75, 3.05) is 0 Å². The Morgan fingerprint density at radius 2 is 0.844 bits per heavy atom. The fourth-order valence-electron chi connectivity index (χ4n) is 2.05. The maximum Gasteiger partial charge on any atom is 0.284 e. The normalized spacial score (nSPS) is 12.4. The molecule has 0 saturated carbocycles. The standard InChI is InChI=1S/2C10H13I.C2H6O6S2/c2*1-10(2,3)8-4-6-9(11)7-5-8;1-2(9(3,4)5)10(6,7)8/h2*4-7H,1-3H3;2H,1H3,(H,3,4,5)(H,6,7,8). The van der Waals surface area contributed by atoms with Gasteiger partial charge in [-0.15, -0.1) is 0 Å². The zero-order chi connectivity index (χ0) is 25.5. The minimum Gasteiger partial charge on any atom is -0.284 e. The molecule has 0 heterocycles. The van der Waals surface area contributed by atoms with Gasteiger partial charge in [-0.25, -0.2) is 0 Å². The van der Waals surface area contributed by atoms with Crippen molar-refractivity contribution >= 4 is 65.4 Å². The largest absolute Gasteiger partial charge is 0.284 e. The molecule has 0 fully saturated rings. The van der Waals surface area contributed by atoms with Crippen LogP contribution in [0.5, 0.6) is 0 Å². The molecular weight excluding hydrogens is 678 g/mol. The van der Waals surface area contributed by atoms with Gasteiger partial charge in [0.1, 0.15) is 0 Å². The lowest BCUT2D eigenvalue weighted by atomic mass is 9.87. The molecule has 2 rings (SSSR count). The number of benzene rings is 2. The van der Waals surface area contributed by atoms with Gasteiger partial charge in [0, 0.05) is 7.14 Å². The van der Waals surface area contributed by atoms with Crippen LogP contribution >= 0.6 is 45.2 Å². The molecule has 2 aromatic carbocycles. The van der Waals surface area contributed by atoms with Gasteiger partial charge in [0.25, 0.3) is 20.2 Å². The molecule has 0 aliphatic rings. The van der Waals surface area contributed by atoms with Crippen LogP contribution < -0.4 is 0 Å². The zero-order valence-corrected chi connectivity index (χ0v) is 25.2. The first-order valence-electron chi connectivity index (χ1n) is 9.60. The minimum atomic E-state index is -4.70. The van der Waals surface area contributed by atoms with Crippen molar-refractivity contribution in [3.63, 3.8) is 0 Å². The van der Waals surface area contributed by atoms with Crippen LogP contribution in [0.25, 0.3) is 0 Å². The topological polar surface area (TPSA) is 109 Å². The Morgan fingerprint density at radius 1 is 0.625 bits per heavy atom. The van der Waals surface area contributed by atoms with Crippen LogP contribution in [-0.2, 0) is 31.1 Å². The molecule has 2 N–H and O–H groups in total. The van der Waals surface area contributed by atoms with Gasteiger partial charge >= 0.3 is 0 Å². The van der Waals surface area contributed by atoms with Crippen LogP contribution in [0.15, 0.2) is 48.5 Å². The van der Waals surface area contributed by atoms with E-state index >= 15 is 0 Å². The summed E-state index contributed by atoms with van der Waals surface area (Å²) in [6, 6.07) is 17.4. The van der Waals surface area contributed by atoms with Gasteiger partial charge in [-0.1, -0.05) is 65.8 Å². The van der Waals surface area contributed by atoms with Crippen LogP contribution in [0.1, 0.15) is 59.6 Å². The quantitative estimate of drug-likeness (QED) is 0.281. The van der Waals surface area contributed by atoms with Gasteiger partial charge in [-0.3, -0.25) is 9.11 Å². The number of hydrogen-bond donors (Lipinski definition) is 2. The second-order valence-electron chi connectivity index (χ2n) is 9.11. The molecular formula is C22H32I2O6S2. The van der Waals surface area contributed by atoms with Crippen molar-refractivity contribution in [3.05, 3.63) is 66.8 Å². The predicted octanol–water partition coefficient (Wildman–Crippen LogP) is 6.29. The fraction of sp³-hybridized carbons (Fsp3) is 0.455. The molecule has 0 aromatic heterocycles. The maximum atomic E-state index is 9.99. The Labute approximate surface area is 220 Å². The average molecular weight is 710 g/mol. The van der Waals surface area contributed by atoms with E-state index in [4.69, 9.17) is 9.11 Å². The van der Waals surface area contributed by atoms with Crippen LogP contribution in [0.3, 0.4) is 0 Å².